The van der Waals surface area contributed by atoms with E-state index in [0.717, 1.165) is 32.1 Å². The monoisotopic (exact) mass is 278 g/mol. The maximum Gasteiger partial charge on any atom is 0.136 e. The molecule has 0 amide bonds. The first-order valence-corrected chi connectivity index (χ1v) is 7.93. The molecule has 0 spiro atoms. The van der Waals surface area contributed by atoms with Crippen LogP contribution in [0.2, 0.25) is 0 Å². The van der Waals surface area contributed by atoms with E-state index in [4.69, 9.17) is 0 Å². The summed E-state index contributed by atoms with van der Waals surface area (Å²) in [5, 5.41) is 0. The van der Waals surface area contributed by atoms with Gasteiger partial charge in [-0.05, 0) is 42.7 Å². The summed E-state index contributed by atoms with van der Waals surface area (Å²) >= 11 is 0. The topological polar surface area (TPSA) is 17.1 Å². The average molecular weight is 278 g/mol. The highest BCUT2D eigenvalue weighted by atomic mass is 16.1. The van der Waals surface area contributed by atoms with Gasteiger partial charge >= 0.3 is 0 Å². The van der Waals surface area contributed by atoms with Crippen LogP contribution in [0.5, 0.6) is 0 Å². The molecule has 1 aliphatic rings. The van der Waals surface area contributed by atoms with Crippen molar-refractivity contribution in [3.63, 3.8) is 0 Å². The molecule has 1 nitrogen and oxygen atoms in total. The van der Waals surface area contributed by atoms with Gasteiger partial charge in [-0.25, -0.2) is 0 Å². The lowest BCUT2D eigenvalue weighted by Crippen LogP contribution is -2.18. The number of hydrogen-bond donors (Lipinski definition) is 0. The molecular formula is C20H22O. The zero-order valence-electron chi connectivity index (χ0n) is 12.4. The Morgan fingerprint density at radius 2 is 1.48 bits per heavy atom. The third-order valence-corrected chi connectivity index (χ3v) is 4.69. The van der Waals surface area contributed by atoms with Crippen molar-refractivity contribution in [2.75, 3.05) is 0 Å². The van der Waals surface area contributed by atoms with Crippen LogP contribution in [0.3, 0.4) is 0 Å². The molecule has 0 aromatic heterocycles. The van der Waals surface area contributed by atoms with E-state index >= 15 is 0 Å². The highest BCUT2D eigenvalue weighted by Crippen LogP contribution is 2.34. The molecule has 1 aliphatic carbocycles. The van der Waals surface area contributed by atoms with Crippen molar-refractivity contribution in [2.24, 2.45) is 11.8 Å². The fourth-order valence-corrected chi connectivity index (χ4v) is 3.47. The summed E-state index contributed by atoms with van der Waals surface area (Å²) in [6.45, 7) is 0. The lowest BCUT2D eigenvalue weighted by atomic mass is 9.85. The van der Waals surface area contributed by atoms with Crippen LogP contribution < -0.4 is 0 Å². The summed E-state index contributed by atoms with van der Waals surface area (Å²) in [7, 11) is 0. The van der Waals surface area contributed by atoms with Gasteiger partial charge in [0.2, 0.25) is 0 Å². The molecule has 3 rings (SSSR count). The minimum Gasteiger partial charge on any atom is -0.299 e. The van der Waals surface area contributed by atoms with Gasteiger partial charge in [0.25, 0.3) is 0 Å². The third-order valence-electron chi connectivity index (χ3n) is 4.69. The normalized spacial score (nSPS) is 21.6. The summed E-state index contributed by atoms with van der Waals surface area (Å²) in [5.41, 5.74) is 2.68. The smallest absolute Gasteiger partial charge is 0.136 e. The quantitative estimate of drug-likeness (QED) is 0.789. The number of aryl methyl sites for hydroxylation is 1. The number of hydrogen-bond acceptors (Lipinski definition) is 1. The number of carbonyl (C=O) groups excluding carboxylic acids is 1. The van der Waals surface area contributed by atoms with E-state index in [1.807, 2.05) is 6.07 Å². The number of rotatable bonds is 5. The van der Waals surface area contributed by atoms with Crippen molar-refractivity contribution >= 4 is 5.78 Å². The molecule has 0 unspecified atom stereocenters. The predicted molar refractivity (Wildman–Crippen MR) is 86.1 cm³/mol. The van der Waals surface area contributed by atoms with Gasteiger partial charge in [0.1, 0.15) is 5.78 Å². The van der Waals surface area contributed by atoms with Crippen LogP contribution in [-0.2, 0) is 17.6 Å². The molecule has 2 aromatic carbocycles. The van der Waals surface area contributed by atoms with E-state index in [0.29, 0.717) is 11.7 Å². The standard InChI is InChI=1S/C20H22O/c21-20-14-13-18(12-11-16-7-3-1-4-8-16)19(20)15-17-9-5-2-6-10-17/h1-10,18-19H,11-15H2/t18-,19+/m0/s1. The van der Waals surface area contributed by atoms with Crippen LogP contribution in [0.15, 0.2) is 60.7 Å². The Hall–Kier alpha value is -1.89. The number of carbonyl (C=O) groups is 1. The second kappa shape index (κ2) is 6.71. The van der Waals surface area contributed by atoms with Gasteiger partial charge in [0.05, 0.1) is 0 Å². The molecule has 1 fully saturated rings. The van der Waals surface area contributed by atoms with E-state index in [2.05, 4.69) is 54.6 Å². The van der Waals surface area contributed by atoms with Crippen molar-refractivity contribution in [3.8, 4) is 0 Å². The Labute approximate surface area is 127 Å². The van der Waals surface area contributed by atoms with Crippen molar-refractivity contribution in [2.45, 2.75) is 32.1 Å². The molecule has 0 radical (unpaired) electrons. The Morgan fingerprint density at radius 3 is 2.14 bits per heavy atom. The van der Waals surface area contributed by atoms with Crippen LogP contribution in [0.4, 0.5) is 0 Å². The Balaban J connectivity index is 1.62. The van der Waals surface area contributed by atoms with Gasteiger partial charge in [-0.2, -0.15) is 0 Å². The minimum atomic E-state index is 0.233. The average Bonchev–Trinajstić information content (AvgIpc) is 2.88. The van der Waals surface area contributed by atoms with Gasteiger partial charge in [-0.15, -0.1) is 0 Å². The van der Waals surface area contributed by atoms with E-state index < -0.39 is 0 Å². The molecule has 0 saturated heterocycles. The molecule has 1 saturated carbocycles. The lowest BCUT2D eigenvalue weighted by molar-refractivity contribution is -0.121. The summed E-state index contributed by atoms with van der Waals surface area (Å²) in [6, 6.07) is 21.0. The molecule has 2 aromatic rings. The van der Waals surface area contributed by atoms with Crippen LogP contribution in [0.1, 0.15) is 30.4 Å². The molecule has 0 aliphatic heterocycles. The van der Waals surface area contributed by atoms with Crippen molar-refractivity contribution in [1.29, 1.82) is 0 Å². The lowest BCUT2D eigenvalue weighted by Gasteiger charge is -2.18. The Morgan fingerprint density at radius 1 is 0.857 bits per heavy atom. The summed E-state index contributed by atoms with van der Waals surface area (Å²) < 4.78 is 0. The van der Waals surface area contributed by atoms with Crippen molar-refractivity contribution < 1.29 is 4.79 Å². The van der Waals surface area contributed by atoms with Gasteiger partial charge in [0, 0.05) is 12.3 Å². The number of ketones is 1. The van der Waals surface area contributed by atoms with Crippen molar-refractivity contribution in [3.05, 3.63) is 71.8 Å². The zero-order valence-corrected chi connectivity index (χ0v) is 12.4. The maximum atomic E-state index is 12.2. The Kier molecular flexibility index (Phi) is 4.49. The fraction of sp³-hybridized carbons (Fsp3) is 0.350. The van der Waals surface area contributed by atoms with E-state index in [1.54, 1.807) is 0 Å². The minimum absolute atomic E-state index is 0.233. The van der Waals surface area contributed by atoms with Crippen LogP contribution in [-0.4, -0.2) is 5.78 Å². The van der Waals surface area contributed by atoms with Crippen LogP contribution in [0, 0.1) is 11.8 Å². The van der Waals surface area contributed by atoms with Crippen LogP contribution >= 0.6 is 0 Å². The molecule has 0 bridgehead atoms. The summed E-state index contributed by atoms with van der Waals surface area (Å²) in [6.07, 6.45) is 4.98. The molecular weight excluding hydrogens is 256 g/mol. The molecule has 0 heterocycles. The molecule has 0 N–H and O–H groups in total. The van der Waals surface area contributed by atoms with Gasteiger partial charge in [-0.1, -0.05) is 60.7 Å². The fourth-order valence-electron chi connectivity index (χ4n) is 3.47. The largest absolute Gasteiger partial charge is 0.299 e. The molecule has 2 atom stereocenters. The highest BCUT2D eigenvalue weighted by Gasteiger charge is 2.33. The van der Waals surface area contributed by atoms with Gasteiger partial charge < -0.3 is 0 Å². The first-order valence-electron chi connectivity index (χ1n) is 7.93. The first kappa shape index (κ1) is 14.1. The zero-order chi connectivity index (χ0) is 14.5. The first-order chi connectivity index (χ1) is 10.3. The number of Topliss-reactive ketones (excluding diaryl/α,β-unsaturated/α-hetero) is 1. The predicted octanol–water partition coefficient (Wildman–Crippen LogP) is 4.46. The summed E-state index contributed by atoms with van der Waals surface area (Å²) in [4.78, 5) is 12.2. The summed E-state index contributed by atoms with van der Waals surface area (Å²) in [5.74, 6) is 1.26. The van der Waals surface area contributed by atoms with E-state index in [1.165, 1.54) is 11.1 Å². The third kappa shape index (κ3) is 3.60. The van der Waals surface area contributed by atoms with E-state index in [9.17, 15) is 4.79 Å². The SMILES string of the molecule is O=C1CC[C@H](CCc2ccccc2)[C@H]1Cc1ccccc1. The Bertz CT molecular complexity index is 573. The molecule has 21 heavy (non-hydrogen) atoms. The molecule has 1 heteroatoms. The number of benzene rings is 2. The molecule has 108 valence electrons. The maximum absolute atomic E-state index is 12.2. The van der Waals surface area contributed by atoms with Gasteiger partial charge in [-0.3, -0.25) is 4.79 Å². The van der Waals surface area contributed by atoms with Gasteiger partial charge in [0.15, 0.2) is 0 Å². The second-order valence-electron chi connectivity index (χ2n) is 6.09. The van der Waals surface area contributed by atoms with Crippen LogP contribution in [0.25, 0.3) is 0 Å². The second-order valence-corrected chi connectivity index (χ2v) is 6.09. The highest BCUT2D eigenvalue weighted by molar-refractivity contribution is 5.83. The van der Waals surface area contributed by atoms with E-state index in [-0.39, 0.29) is 5.92 Å². The van der Waals surface area contributed by atoms with Crippen molar-refractivity contribution in [1.82, 2.24) is 0 Å².